The maximum Gasteiger partial charge on any atom is 0.249 e. The van der Waals surface area contributed by atoms with Gasteiger partial charge in [0.25, 0.3) is 0 Å². The Morgan fingerprint density at radius 1 is 1.10 bits per heavy atom. The highest BCUT2D eigenvalue weighted by molar-refractivity contribution is 7.13. The fourth-order valence-corrected chi connectivity index (χ4v) is 4.65. The van der Waals surface area contributed by atoms with Crippen molar-refractivity contribution in [1.29, 1.82) is 5.26 Å². The molecule has 3 aromatic carbocycles. The maximum atomic E-state index is 12.1. The summed E-state index contributed by atoms with van der Waals surface area (Å²) in [5.74, 6) is -0.457. The standard InChI is InChI=1S/C25H16N3OS/c26-14-16-4-1-5-17(12-16)15-28-21-7-2-6-20(25(27)29)24(21)19-10-9-18(13-22(19)28)23-8-3-11-30-23/h1-9,11-13H,15H2,(H2,27,29). The lowest BCUT2D eigenvalue weighted by atomic mass is 10.0. The SMILES string of the molecule is N#Cc1cccc(Cn2c3cc(-c4cccs4)c[c]c3c3c(C(N)=O)cccc32)c1. The zero-order valence-electron chi connectivity index (χ0n) is 15.9. The predicted octanol–water partition coefficient (Wildman–Crippen LogP) is 5.34. The van der Waals surface area contributed by atoms with E-state index in [0.29, 0.717) is 17.7 Å². The topological polar surface area (TPSA) is 71.8 Å². The molecule has 30 heavy (non-hydrogen) atoms. The van der Waals surface area contributed by atoms with Gasteiger partial charge in [0.15, 0.2) is 0 Å². The molecule has 0 saturated carbocycles. The van der Waals surface area contributed by atoms with Gasteiger partial charge in [0, 0.05) is 27.8 Å². The minimum Gasteiger partial charge on any atom is -0.366 e. The number of benzene rings is 3. The van der Waals surface area contributed by atoms with E-state index in [9.17, 15) is 10.1 Å². The molecule has 2 N–H and O–H groups in total. The molecule has 0 fully saturated rings. The van der Waals surface area contributed by atoms with Crippen LogP contribution in [0.15, 0.2) is 72.1 Å². The molecule has 0 spiro atoms. The van der Waals surface area contributed by atoms with Crippen molar-refractivity contribution >= 4 is 39.0 Å². The third-order valence-corrected chi connectivity index (χ3v) is 6.18. The summed E-state index contributed by atoms with van der Waals surface area (Å²) < 4.78 is 2.17. The summed E-state index contributed by atoms with van der Waals surface area (Å²) in [5, 5.41) is 13.0. The minimum absolute atomic E-state index is 0.457. The number of primary amides is 1. The number of rotatable bonds is 4. The van der Waals surface area contributed by atoms with Gasteiger partial charge in [0.2, 0.25) is 5.91 Å². The van der Waals surface area contributed by atoms with E-state index in [1.54, 1.807) is 23.5 Å². The monoisotopic (exact) mass is 406 g/mol. The number of hydrogen-bond acceptors (Lipinski definition) is 3. The van der Waals surface area contributed by atoms with Gasteiger partial charge in [-0.3, -0.25) is 4.79 Å². The second-order valence-corrected chi connectivity index (χ2v) is 8.04. The van der Waals surface area contributed by atoms with Gasteiger partial charge in [-0.05, 0) is 65.0 Å². The molecule has 1 radical (unpaired) electrons. The minimum atomic E-state index is -0.457. The van der Waals surface area contributed by atoms with Gasteiger partial charge in [-0.1, -0.05) is 24.3 Å². The smallest absolute Gasteiger partial charge is 0.249 e. The Kier molecular flexibility index (Phi) is 4.35. The molecular weight excluding hydrogens is 390 g/mol. The Bertz CT molecular complexity index is 1460. The predicted molar refractivity (Wildman–Crippen MR) is 120 cm³/mol. The molecular formula is C25H16N3OS. The average molecular weight is 406 g/mol. The van der Waals surface area contributed by atoms with E-state index in [1.165, 1.54) is 0 Å². The molecule has 2 aromatic heterocycles. The van der Waals surface area contributed by atoms with E-state index < -0.39 is 5.91 Å². The number of carbonyl (C=O) groups is 1. The van der Waals surface area contributed by atoms with Crippen LogP contribution in [0, 0.1) is 17.4 Å². The fraction of sp³-hybridized carbons (Fsp3) is 0.0400. The second-order valence-electron chi connectivity index (χ2n) is 7.09. The molecule has 0 aliphatic heterocycles. The number of nitriles is 1. The highest BCUT2D eigenvalue weighted by Crippen LogP contribution is 2.35. The quantitative estimate of drug-likeness (QED) is 0.437. The number of amides is 1. The third kappa shape index (κ3) is 2.95. The molecule has 5 rings (SSSR count). The summed E-state index contributed by atoms with van der Waals surface area (Å²) in [6, 6.07) is 27.0. The molecule has 0 unspecified atom stereocenters. The van der Waals surface area contributed by atoms with Gasteiger partial charge >= 0.3 is 0 Å². The van der Waals surface area contributed by atoms with Crippen LogP contribution in [0.4, 0.5) is 0 Å². The van der Waals surface area contributed by atoms with Crippen LogP contribution < -0.4 is 5.73 Å². The Balaban J connectivity index is 1.81. The van der Waals surface area contributed by atoms with Crippen molar-refractivity contribution in [3.05, 3.63) is 94.9 Å². The zero-order valence-corrected chi connectivity index (χ0v) is 16.7. The summed E-state index contributed by atoms with van der Waals surface area (Å²) in [6.45, 7) is 0.569. The number of nitrogens with two attached hydrogens (primary N) is 1. The van der Waals surface area contributed by atoms with Crippen molar-refractivity contribution in [3.8, 4) is 16.5 Å². The molecule has 2 heterocycles. The average Bonchev–Trinajstić information content (AvgIpc) is 3.41. The summed E-state index contributed by atoms with van der Waals surface area (Å²) in [7, 11) is 0. The molecule has 0 aliphatic rings. The van der Waals surface area contributed by atoms with Gasteiger partial charge in [0.1, 0.15) is 0 Å². The molecule has 0 saturated heterocycles. The number of thiophene rings is 1. The summed E-state index contributed by atoms with van der Waals surface area (Å²) in [5.41, 5.74) is 10.8. The first kappa shape index (κ1) is 18.2. The Morgan fingerprint density at radius 2 is 1.97 bits per heavy atom. The van der Waals surface area contributed by atoms with E-state index in [2.05, 4.69) is 28.8 Å². The van der Waals surface area contributed by atoms with Gasteiger partial charge in [0.05, 0.1) is 22.7 Å². The van der Waals surface area contributed by atoms with Crippen molar-refractivity contribution in [2.45, 2.75) is 6.54 Å². The molecule has 5 aromatic rings. The highest BCUT2D eigenvalue weighted by atomic mass is 32.1. The van der Waals surface area contributed by atoms with E-state index in [0.717, 1.165) is 37.8 Å². The van der Waals surface area contributed by atoms with Gasteiger partial charge in [-0.25, -0.2) is 0 Å². The van der Waals surface area contributed by atoms with E-state index in [-0.39, 0.29) is 0 Å². The van der Waals surface area contributed by atoms with Gasteiger partial charge in [-0.2, -0.15) is 5.26 Å². The van der Waals surface area contributed by atoms with Gasteiger partial charge < -0.3 is 10.3 Å². The van der Waals surface area contributed by atoms with Crippen molar-refractivity contribution < 1.29 is 4.79 Å². The number of hydrogen-bond donors (Lipinski definition) is 1. The largest absolute Gasteiger partial charge is 0.366 e. The van der Waals surface area contributed by atoms with Crippen LogP contribution in [-0.4, -0.2) is 10.5 Å². The number of nitrogens with zero attached hydrogens (tertiary/aromatic N) is 2. The van der Waals surface area contributed by atoms with Crippen LogP contribution in [0.3, 0.4) is 0 Å². The normalized spacial score (nSPS) is 11.0. The van der Waals surface area contributed by atoms with E-state index in [4.69, 9.17) is 5.73 Å². The first-order valence-corrected chi connectivity index (χ1v) is 10.3. The summed E-state index contributed by atoms with van der Waals surface area (Å²) >= 11 is 1.67. The molecule has 5 heteroatoms. The molecule has 4 nitrogen and oxygen atoms in total. The highest BCUT2D eigenvalue weighted by Gasteiger charge is 2.17. The lowest BCUT2D eigenvalue weighted by Crippen LogP contribution is -2.11. The van der Waals surface area contributed by atoms with Crippen LogP contribution in [0.25, 0.3) is 32.2 Å². The summed E-state index contributed by atoms with van der Waals surface area (Å²) in [4.78, 5) is 13.3. The number of fused-ring (bicyclic) bond motifs is 3. The molecule has 0 aliphatic carbocycles. The Hall–Kier alpha value is -3.88. The number of carbonyl (C=O) groups excluding carboxylic acids is 1. The van der Waals surface area contributed by atoms with Crippen LogP contribution in [0.5, 0.6) is 0 Å². The van der Waals surface area contributed by atoms with Gasteiger partial charge in [-0.15, -0.1) is 11.3 Å². The second kappa shape index (κ2) is 7.18. The lowest BCUT2D eigenvalue weighted by molar-refractivity contribution is 0.100. The molecule has 143 valence electrons. The molecule has 0 bridgehead atoms. The lowest BCUT2D eigenvalue weighted by Gasteiger charge is -2.09. The van der Waals surface area contributed by atoms with Crippen molar-refractivity contribution in [2.24, 2.45) is 5.73 Å². The molecule has 0 atom stereocenters. The first-order chi connectivity index (χ1) is 14.7. The van der Waals surface area contributed by atoms with Crippen molar-refractivity contribution in [1.82, 2.24) is 4.57 Å². The third-order valence-electron chi connectivity index (χ3n) is 5.26. The number of aromatic nitrogens is 1. The first-order valence-electron chi connectivity index (χ1n) is 9.45. The van der Waals surface area contributed by atoms with Crippen LogP contribution in [0.2, 0.25) is 0 Å². The van der Waals surface area contributed by atoms with E-state index in [1.807, 2.05) is 47.8 Å². The van der Waals surface area contributed by atoms with Crippen molar-refractivity contribution in [2.75, 3.05) is 0 Å². The maximum absolute atomic E-state index is 12.1. The molecule has 1 amide bonds. The Labute approximate surface area is 177 Å². The van der Waals surface area contributed by atoms with Crippen LogP contribution in [0.1, 0.15) is 21.5 Å². The summed E-state index contributed by atoms with van der Waals surface area (Å²) in [6.07, 6.45) is 0. The fourth-order valence-electron chi connectivity index (χ4n) is 3.94. The van der Waals surface area contributed by atoms with Crippen molar-refractivity contribution in [3.63, 3.8) is 0 Å². The van der Waals surface area contributed by atoms with E-state index >= 15 is 0 Å². The van der Waals surface area contributed by atoms with Crippen LogP contribution in [-0.2, 0) is 6.54 Å². The van der Waals surface area contributed by atoms with Crippen LogP contribution >= 0.6 is 11.3 Å². The Morgan fingerprint density at radius 3 is 2.73 bits per heavy atom. The zero-order chi connectivity index (χ0) is 20.7.